The van der Waals surface area contributed by atoms with Gasteiger partial charge >= 0.3 is 0 Å². The molecule has 6 heteroatoms. The Morgan fingerprint density at radius 3 is 2.85 bits per heavy atom. The zero-order valence-corrected chi connectivity index (χ0v) is 14.6. The van der Waals surface area contributed by atoms with E-state index in [1.165, 1.54) is 5.56 Å². The van der Waals surface area contributed by atoms with Gasteiger partial charge in [-0.2, -0.15) is 0 Å². The molecule has 0 radical (unpaired) electrons. The maximum Gasteiger partial charge on any atom is 0.270 e. The minimum Gasteiger partial charge on any atom is -0.493 e. The maximum absolute atomic E-state index is 11.3. The van der Waals surface area contributed by atoms with Crippen LogP contribution in [-0.2, 0) is 12.8 Å². The van der Waals surface area contributed by atoms with Gasteiger partial charge in [0, 0.05) is 36.2 Å². The largest absolute Gasteiger partial charge is 0.493 e. The average Bonchev–Trinajstić information content (AvgIpc) is 3.11. The second-order valence-electron chi connectivity index (χ2n) is 7.15. The van der Waals surface area contributed by atoms with E-state index >= 15 is 0 Å². The van der Waals surface area contributed by atoms with Crippen LogP contribution in [0.1, 0.15) is 35.6 Å². The summed E-state index contributed by atoms with van der Waals surface area (Å²) < 4.78 is 5.81. The number of nitrogens with two attached hydrogens (primary N) is 1. The molecule has 0 unspecified atom stereocenters. The van der Waals surface area contributed by atoms with Crippen molar-refractivity contribution in [1.82, 2.24) is 5.01 Å². The number of fused-ring (bicyclic) bond motifs is 1. The highest BCUT2D eigenvalue weighted by Gasteiger charge is 2.33. The molecule has 1 saturated heterocycles. The van der Waals surface area contributed by atoms with Crippen molar-refractivity contribution in [3.63, 3.8) is 0 Å². The third-order valence-corrected chi connectivity index (χ3v) is 5.47. The van der Waals surface area contributed by atoms with Crippen molar-refractivity contribution in [2.75, 3.05) is 13.2 Å². The van der Waals surface area contributed by atoms with Crippen LogP contribution >= 0.6 is 0 Å². The summed E-state index contributed by atoms with van der Waals surface area (Å²) in [5, 5.41) is 13.2. The van der Waals surface area contributed by atoms with E-state index in [1.54, 1.807) is 12.1 Å². The molecule has 6 nitrogen and oxygen atoms in total. The zero-order valence-electron chi connectivity index (χ0n) is 14.6. The lowest BCUT2D eigenvalue weighted by Crippen LogP contribution is -2.44. The van der Waals surface area contributed by atoms with Crippen molar-refractivity contribution >= 4 is 5.69 Å². The highest BCUT2D eigenvalue weighted by atomic mass is 16.6. The smallest absolute Gasteiger partial charge is 0.270 e. The van der Waals surface area contributed by atoms with E-state index in [-0.39, 0.29) is 16.7 Å². The van der Waals surface area contributed by atoms with Crippen LogP contribution in [0.4, 0.5) is 5.69 Å². The summed E-state index contributed by atoms with van der Waals surface area (Å²) in [6, 6.07) is 13.7. The lowest BCUT2D eigenvalue weighted by molar-refractivity contribution is -0.385. The van der Waals surface area contributed by atoms with Crippen LogP contribution in [0.3, 0.4) is 0 Å². The van der Waals surface area contributed by atoms with Gasteiger partial charge in [-0.1, -0.05) is 30.3 Å². The molecular formula is C20H23N3O3. The summed E-state index contributed by atoms with van der Waals surface area (Å²) in [6.45, 7) is 1.46. The van der Waals surface area contributed by atoms with Crippen molar-refractivity contribution in [2.45, 2.75) is 31.7 Å². The van der Waals surface area contributed by atoms with Crippen LogP contribution in [-0.4, -0.2) is 23.1 Å². The van der Waals surface area contributed by atoms with E-state index in [0.29, 0.717) is 12.5 Å². The number of hydrogen-bond acceptors (Lipinski definition) is 5. The molecule has 4 rings (SSSR count). The number of nitrogens with zero attached hydrogens (tertiary/aromatic N) is 2. The van der Waals surface area contributed by atoms with E-state index in [9.17, 15) is 10.1 Å². The topological polar surface area (TPSA) is 81.6 Å². The zero-order chi connectivity index (χ0) is 18.1. The van der Waals surface area contributed by atoms with Crippen molar-refractivity contribution in [2.24, 2.45) is 11.8 Å². The normalized spacial score (nSPS) is 22.7. The molecule has 0 bridgehead atoms. The predicted molar refractivity (Wildman–Crippen MR) is 98.8 cm³/mol. The van der Waals surface area contributed by atoms with E-state index in [2.05, 4.69) is 12.1 Å². The van der Waals surface area contributed by atoms with Gasteiger partial charge in [0.15, 0.2) is 0 Å². The van der Waals surface area contributed by atoms with E-state index < -0.39 is 0 Å². The Labute approximate surface area is 152 Å². The number of nitro groups is 1. The number of nitro benzene ring substituents is 1. The molecule has 2 aromatic carbocycles. The fourth-order valence-electron chi connectivity index (χ4n) is 4.34. The molecule has 2 heterocycles. The van der Waals surface area contributed by atoms with Crippen LogP contribution in [0.5, 0.6) is 5.75 Å². The fraction of sp³-hybridized carbons (Fsp3) is 0.400. The first-order valence-electron chi connectivity index (χ1n) is 9.13. The molecule has 2 aliphatic heterocycles. The summed E-state index contributed by atoms with van der Waals surface area (Å²) in [4.78, 5) is 11.0. The van der Waals surface area contributed by atoms with Gasteiger partial charge < -0.3 is 4.74 Å². The molecule has 2 aliphatic rings. The summed E-state index contributed by atoms with van der Waals surface area (Å²) in [5.41, 5.74) is 3.24. The summed E-state index contributed by atoms with van der Waals surface area (Å²) >= 11 is 0. The van der Waals surface area contributed by atoms with E-state index in [1.807, 2.05) is 23.2 Å². The predicted octanol–water partition coefficient (Wildman–Crippen LogP) is 3.40. The van der Waals surface area contributed by atoms with Crippen LogP contribution < -0.4 is 10.6 Å². The van der Waals surface area contributed by atoms with Gasteiger partial charge in [0.05, 0.1) is 17.6 Å². The molecule has 0 aromatic heterocycles. The Balaban J connectivity index is 1.68. The first-order chi connectivity index (χ1) is 12.6. The molecule has 0 aliphatic carbocycles. The van der Waals surface area contributed by atoms with Crippen LogP contribution in [0, 0.1) is 16.0 Å². The molecule has 26 heavy (non-hydrogen) atoms. The fourth-order valence-corrected chi connectivity index (χ4v) is 4.34. The molecule has 0 saturated carbocycles. The first-order valence-corrected chi connectivity index (χ1v) is 9.13. The van der Waals surface area contributed by atoms with E-state index in [4.69, 9.17) is 10.6 Å². The van der Waals surface area contributed by atoms with Gasteiger partial charge in [-0.25, -0.2) is 5.01 Å². The molecule has 0 amide bonds. The van der Waals surface area contributed by atoms with Crippen molar-refractivity contribution in [3.8, 4) is 5.75 Å². The van der Waals surface area contributed by atoms with Gasteiger partial charge in [0.1, 0.15) is 5.75 Å². The van der Waals surface area contributed by atoms with Crippen molar-refractivity contribution < 1.29 is 9.66 Å². The minimum absolute atomic E-state index is 0.112. The molecule has 2 atom stereocenters. The number of hydrazine groups is 1. The molecule has 0 spiro atoms. The monoisotopic (exact) mass is 353 g/mol. The summed E-state index contributed by atoms with van der Waals surface area (Å²) in [6.07, 6.45) is 3.55. The van der Waals surface area contributed by atoms with Crippen LogP contribution in [0.2, 0.25) is 0 Å². The third-order valence-electron chi connectivity index (χ3n) is 5.47. The SMILES string of the molecule is NN1CCC[C@@H](Cc2cc([N+](=O)[O-])cc3c2OCC3)[C@H]1c1ccccc1. The van der Waals surface area contributed by atoms with Crippen molar-refractivity contribution in [3.05, 3.63) is 69.3 Å². The lowest BCUT2D eigenvalue weighted by Gasteiger charge is -2.39. The third kappa shape index (κ3) is 3.18. The summed E-state index contributed by atoms with van der Waals surface area (Å²) in [7, 11) is 0. The van der Waals surface area contributed by atoms with Gasteiger partial charge in [0.25, 0.3) is 5.69 Å². The second kappa shape index (κ2) is 7.05. The Bertz CT molecular complexity index is 809. The minimum atomic E-state index is -0.313. The first kappa shape index (κ1) is 17.0. The number of hydrogen-bond donors (Lipinski definition) is 1. The number of piperidine rings is 1. The van der Waals surface area contributed by atoms with Crippen LogP contribution in [0.15, 0.2) is 42.5 Å². The van der Waals surface area contributed by atoms with Gasteiger partial charge in [-0.3, -0.25) is 16.0 Å². The van der Waals surface area contributed by atoms with Gasteiger partial charge in [-0.05, 0) is 30.7 Å². The quantitative estimate of drug-likeness (QED) is 0.517. The molecule has 2 aromatic rings. The Morgan fingerprint density at radius 2 is 2.08 bits per heavy atom. The van der Waals surface area contributed by atoms with Gasteiger partial charge in [-0.15, -0.1) is 0 Å². The standard InChI is InChI=1S/C20H23N3O3/c21-22-9-4-7-15(19(22)14-5-2-1-3-6-14)11-17-13-18(23(24)25)12-16-8-10-26-20(16)17/h1-3,5-6,12-13,15,19H,4,7-11,21H2/t15-,19+/m0/s1. The molecule has 136 valence electrons. The number of rotatable bonds is 4. The van der Waals surface area contributed by atoms with Crippen molar-refractivity contribution in [1.29, 1.82) is 0 Å². The van der Waals surface area contributed by atoms with E-state index in [0.717, 1.165) is 49.1 Å². The Morgan fingerprint density at radius 1 is 1.27 bits per heavy atom. The number of ether oxygens (including phenoxy) is 1. The number of benzene rings is 2. The highest BCUT2D eigenvalue weighted by molar-refractivity contribution is 5.52. The lowest BCUT2D eigenvalue weighted by atomic mass is 9.81. The number of non-ortho nitro benzene ring substituents is 1. The molecular weight excluding hydrogens is 330 g/mol. The average molecular weight is 353 g/mol. The Kier molecular flexibility index (Phi) is 4.61. The van der Waals surface area contributed by atoms with Gasteiger partial charge in [0.2, 0.25) is 0 Å². The second-order valence-corrected chi connectivity index (χ2v) is 7.15. The molecule has 2 N–H and O–H groups in total. The highest BCUT2D eigenvalue weighted by Crippen LogP contribution is 2.41. The molecule has 1 fully saturated rings. The Hall–Kier alpha value is -2.44. The summed E-state index contributed by atoms with van der Waals surface area (Å²) in [5.74, 6) is 7.48. The van der Waals surface area contributed by atoms with Crippen LogP contribution in [0.25, 0.3) is 0 Å². The maximum atomic E-state index is 11.3.